The second-order valence-electron chi connectivity index (χ2n) is 7.41. The van der Waals surface area contributed by atoms with Crippen molar-refractivity contribution in [1.82, 2.24) is 15.3 Å². The van der Waals surface area contributed by atoms with Crippen LogP contribution in [0.3, 0.4) is 0 Å². The average Bonchev–Trinajstić information content (AvgIpc) is 2.96. The molecule has 3 rings (SSSR count). The number of rotatable bonds is 6. The van der Waals surface area contributed by atoms with Crippen LogP contribution in [0, 0.1) is 12.8 Å². The van der Waals surface area contributed by atoms with E-state index in [4.69, 9.17) is 4.98 Å². The Bertz CT molecular complexity index is 728. The first-order valence-corrected chi connectivity index (χ1v) is 10.5. The van der Waals surface area contributed by atoms with Crippen LogP contribution in [0.2, 0.25) is 0 Å². The molecule has 4 nitrogen and oxygen atoms in total. The Balaban J connectivity index is 1.58. The van der Waals surface area contributed by atoms with Crippen LogP contribution in [0.25, 0.3) is 0 Å². The average molecular weight is 372 g/mol. The van der Waals surface area contributed by atoms with Gasteiger partial charge in [0.05, 0.1) is 10.9 Å². The van der Waals surface area contributed by atoms with E-state index in [0.717, 1.165) is 29.4 Å². The maximum atomic E-state index is 12.6. The zero-order valence-electron chi connectivity index (χ0n) is 15.9. The standard InChI is InChI=1S/C21H29N3OS/c1-14-9-7-8-12-18(14)23-20(25)16(3)26-21-22-15(2)19(24-21)13-17-10-5-4-6-11-17/h4-6,10-11,14,16,18H,7-9,12-13H2,1-3H3,(H,22,24)(H,23,25). The quantitative estimate of drug-likeness (QED) is 0.736. The number of H-pyrrole nitrogens is 1. The zero-order chi connectivity index (χ0) is 18.5. The zero-order valence-corrected chi connectivity index (χ0v) is 16.7. The molecule has 0 aliphatic heterocycles. The molecule has 1 fully saturated rings. The molecule has 26 heavy (non-hydrogen) atoms. The topological polar surface area (TPSA) is 57.8 Å². The molecule has 0 saturated heterocycles. The van der Waals surface area contributed by atoms with Gasteiger partial charge in [-0.05, 0) is 38.2 Å². The minimum Gasteiger partial charge on any atom is -0.352 e. The second kappa shape index (κ2) is 8.76. The predicted octanol–water partition coefficient (Wildman–Crippen LogP) is 4.48. The van der Waals surface area contributed by atoms with Crippen molar-refractivity contribution < 1.29 is 4.79 Å². The molecule has 140 valence electrons. The van der Waals surface area contributed by atoms with E-state index in [1.807, 2.05) is 32.0 Å². The summed E-state index contributed by atoms with van der Waals surface area (Å²) in [5.41, 5.74) is 3.37. The van der Waals surface area contributed by atoms with Gasteiger partial charge in [-0.15, -0.1) is 0 Å². The third-order valence-corrected chi connectivity index (χ3v) is 6.26. The van der Waals surface area contributed by atoms with E-state index in [9.17, 15) is 4.79 Å². The first-order valence-electron chi connectivity index (χ1n) is 9.59. The third kappa shape index (κ3) is 4.91. The monoisotopic (exact) mass is 371 g/mol. The summed E-state index contributed by atoms with van der Waals surface area (Å²) >= 11 is 1.51. The Morgan fingerprint density at radius 3 is 2.77 bits per heavy atom. The molecule has 0 radical (unpaired) electrons. The normalized spacial score (nSPS) is 21.3. The molecule has 2 aromatic rings. The highest BCUT2D eigenvalue weighted by Crippen LogP contribution is 2.26. The van der Waals surface area contributed by atoms with Crippen LogP contribution in [0.1, 0.15) is 56.5 Å². The molecule has 1 saturated carbocycles. The summed E-state index contributed by atoms with van der Waals surface area (Å²) in [6, 6.07) is 10.7. The highest BCUT2D eigenvalue weighted by atomic mass is 32.2. The van der Waals surface area contributed by atoms with Gasteiger partial charge in [-0.3, -0.25) is 4.79 Å². The van der Waals surface area contributed by atoms with Gasteiger partial charge in [-0.1, -0.05) is 61.9 Å². The number of benzene rings is 1. The number of hydrogen-bond acceptors (Lipinski definition) is 3. The fraction of sp³-hybridized carbons (Fsp3) is 0.524. The number of thioether (sulfide) groups is 1. The van der Waals surface area contributed by atoms with Gasteiger partial charge in [0.2, 0.25) is 5.91 Å². The molecule has 5 heteroatoms. The maximum Gasteiger partial charge on any atom is 0.233 e. The summed E-state index contributed by atoms with van der Waals surface area (Å²) in [4.78, 5) is 20.6. The molecule has 1 aliphatic rings. The van der Waals surface area contributed by atoms with Crippen molar-refractivity contribution in [2.24, 2.45) is 5.92 Å². The Morgan fingerprint density at radius 1 is 1.31 bits per heavy atom. The van der Waals surface area contributed by atoms with Crippen LogP contribution in [-0.2, 0) is 11.2 Å². The minimum absolute atomic E-state index is 0.118. The van der Waals surface area contributed by atoms with Crippen LogP contribution < -0.4 is 5.32 Å². The number of nitrogens with one attached hydrogen (secondary N) is 2. The lowest BCUT2D eigenvalue weighted by molar-refractivity contribution is -0.121. The number of hydrogen-bond donors (Lipinski definition) is 2. The van der Waals surface area contributed by atoms with Crippen LogP contribution in [0.5, 0.6) is 0 Å². The van der Waals surface area contributed by atoms with Crippen molar-refractivity contribution in [3.8, 4) is 0 Å². The second-order valence-corrected chi connectivity index (χ2v) is 8.74. The largest absolute Gasteiger partial charge is 0.352 e. The van der Waals surface area contributed by atoms with E-state index in [1.165, 1.54) is 36.6 Å². The molecule has 3 atom stereocenters. The number of aromatic amines is 1. The predicted molar refractivity (Wildman–Crippen MR) is 107 cm³/mol. The van der Waals surface area contributed by atoms with E-state index < -0.39 is 0 Å². The van der Waals surface area contributed by atoms with Crippen molar-refractivity contribution in [2.75, 3.05) is 0 Å². The number of carbonyl (C=O) groups excluding carboxylic acids is 1. The van der Waals surface area contributed by atoms with E-state index in [2.05, 4.69) is 29.4 Å². The molecule has 1 aromatic heterocycles. The lowest BCUT2D eigenvalue weighted by Gasteiger charge is -2.30. The SMILES string of the molecule is Cc1[nH]c(SC(C)C(=O)NC2CCCCC2C)nc1Cc1ccccc1. The van der Waals surface area contributed by atoms with Gasteiger partial charge in [0.1, 0.15) is 0 Å². The van der Waals surface area contributed by atoms with Crippen LogP contribution >= 0.6 is 11.8 Å². The van der Waals surface area contributed by atoms with Crippen molar-refractivity contribution >= 4 is 17.7 Å². The molecule has 3 unspecified atom stereocenters. The van der Waals surface area contributed by atoms with Gasteiger partial charge in [-0.2, -0.15) is 0 Å². The van der Waals surface area contributed by atoms with Crippen LogP contribution in [-0.4, -0.2) is 27.2 Å². The summed E-state index contributed by atoms with van der Waals surface area (Å²) in [7, 11) is 0. The van der Waals surface area contributed by atoms with Gasteiger partial charge in [0.25, 0.3) is 0 Å². The molecular weight excluding hydrogens is 342 g/mol. The van der Waals surface area contributed by atoms with Crippen molar-refractivity contribution in [3.63, 3.8) is 0 Å². The number of aromatic nitrogens is 2. The smallest absolute Gasteiger partial charge is 0.233 e. The van der Waals surface area contributed by atoms with E-state index in [1.54, 1.807) is 0 Å². The molecular formula is C21H29N3OS. The van der Waals surface area contributed by atoms with Crippen molar-refractivity contribution in [3.05, 3.63) is 47.3 Å². The number of aryl methyl sites for hydroxylation is 1. The number of nitrogens with zero attached hydrogens (tertiary/aromatic N) is 1. The summed E-state index contributed by atoms with van der Waals surface area (Å²) in [6.45, 7) is 6.25. The third-order valence-electron chi connectivity index (χ3n) is 5.27. The Kier molecular flexibility index (Phi) is 6.41. The highest BCUT2D eigenvalue weighted by Gasteiger charge is 2.25. The molecule has 2 N–H and O–H groups in total. The number of amides is 1. The number of imidazole rings is 1. The van der Waals surface area contributed by atoms with Gasteiger partial charge < -0.3 is 10.3 Å². The Morgan fingerprint density at radius 2 is 2.04 bits per heavy atom. The summed E-state index contributed by atoms with van der Waals surface area (Å²) in [6.07, 6.45) is 5.63. The molecule has 0 bridgehead atoms. The summed E-state index contributed by atoms with van der Waals surface area (Å²) in [5.74, 6) is 0.695. The summed E-state index contributed by atoms with van der Waals surface area (Å²) < 4.78 is 0. The first-order chi connectivity index (χ1) is 12.5. The number of carbonyl (C=O) groups is 1. The van der Waals surface area contributed by atoms with Crippen molar-refractivity contribution in [2.45, 2.75) is 69.3 Å². The Hall–Kier alpha value is -1.75. The van der Waals surface area contributed by atoms with E-state index in [0.29, 0.717) is 12.0 Å². The Labute approximate surface area is 160 Å². The van der Waals surface area contributed by atoms with Gasteiger partial charge in [-0.25, -0.2) is 4.98 Å². The van der Waals surface area contributed by atoms with Gasteiger partial charge >= 0.3 is 0 Å². The molecule has 1 aromatic carbocycles. The lowest BCUT2D eigenvalue weighted by atomic mass is 9.86. The summed E-state index contributed by atoms with van der Waals surface area (Å²) in [5, 5.41) is 3.92. The first kappa shape index (κ1) is 19.0. The lowest BCUT2D eigenvalue weighted by Crippen LogP contribution is -2.44. The molecule has 1 heterocycles. The van der Waals surface area contributed by atoms with Crippen LogP contribution in [0.4, 0.5) is 0 Å². The van der Waals surface area contributed by atoms with E-state index >= 15 is 0 Å². The van der Waals surface area contributed by atoms with Gasteiger partial charge in [0.15, 0.2) is 5.16 Å². The maximum absolute atomic E-state index is 12.6. The van der Waals surface area contributed by atoms with Crippen LogP contribution in [0.15, 0.2) is 35.5 Å². The van der Waals surface area contributed by atoms with Gasteiger partial charge in [0, 0.05) is 18.2 Å². The molecule has 0 spiro atoms. The molecule has 1 amide bonds. The molecule has 1 aliphatic carbocycles. The fourth-order valence-electron chi connectivity index (χ4n) is 3.54. The fourth-order valence-corrected chi connectivity index (χ4v) is 4.42. The van der Waals surface area contributed by atoms with Crippen molar-refractivity contribution in [1.29, 1.82) is 0 Å². The van der Waals surface area contributed by atoms with E-state index in [-0.39, 0.29) is 11.2 Å². The highest BCUT2D eigenvalue weighted by molar-refractivity contribution is 8.00. The minimum atomic E-state index is -0.153.